The van der Waals surface area contributed by atoms with Gasteiger partial charge in [0.05, 0.1) is 20.3 Å². The lowest BCUT2D eigenvalue weighted by atomic mass is 9.95. The molecule has 2 aromatic carbocycles. The minimum atomic E-state index is -0.889. The molecule has 4 atom stereocenters. The molecule has 4 aliphatic heterocycles. The van der Waals surface area contributed by atoms with E-state index in [0.717, 1.165) is 63.7 Å². The molecular formula is C33H34ClF3N6OS. The lowest BCUT2D eigenvalue weighted by Crippen LogP contribution is -2.51. The summed E-state index contributed by atoms with van der Waals surface area (Å²) in [5, 5.41) is 5.55. The Morgan fingerprint density at radius 1 is 1.11 bits per heavy atom. The van der Waals surface area contributed by atoms with Gasteiger partial charge in [-0.1, -0.05) is 17.7 Å². The van der Waals surface area contributed by atoms with Crippen LogP contribution in [0.15, 0.2) is 18.2 Å². The zero-order chi connectivity index (χ0) is 30.6. The molecule has 4 saturated heterocycles. The molecule has 3 N–H and O–H groups in total. The summed E-state index contributed by atoms with van der Waals surface area (Å²) in [6.45, 7) is 2.94. The van der Waals surface area contributed by atoms with Crippen molar-refractivity contribution >= 4 is 54.7 Å². The fourth-order valence-electron chi connectivity index (χ4n) is 8.53. The van der Waals surface area contributed by atoms with E-state index in [2.05, 4.69) is 20.1 Å². The van der Waals surface area contributed by atoms with Crippen LogP contribution in [0.4, 0.5) is 24.0 Å². The van der Waals surface area contributed by atoms with Crippen LogP contribution in [0.5, 0.6) is 6.01 Å². The van der Waals surface area contributed by atoms with Gasteiger partial charge in [0.15, 0.2) is 5.82 Å². The van der Waals surface area contributed by atoms with Crippen LogP contribution in [0.3, 0.4) is 0 Å². The average molecular weight is 655 g/mol. The number of fused-ring (bicyclic) bond motifs is 5. The maximum atomic E-state index is 17.1. The zero-order valence-electron chi connectivity index (χ0n) is 24.7. The molecule has 0 amide bonds. The lowest BCUT2D eigenvalue weighted by molar-refractivity contribution is 0.107. The van der Waals surface area contributed by atoms with Gasteiger partial charge in [0, 0.05) is 54.5 Å². The first-order valence-corrected chi connectivity index (χ1v) is 17.2. The number of thiophene rings is 1. The minimum Gasteiger partial charge on any atom is -0.461 e. The maximum Gasteiger partial charge on any atom is 0.319 e. The van der Waals surface area contributed by atoms with Crippen LogP contribution in [0.2, 0.25) is 5.02 Å². The highest BCUT2D eigenvalue weighted by Crippen LogP contribution is 2.53. The summed E-state index contributed by atoms with van der Waals surface area (Å²) in [6, 6.07) is 5.40. The number of aromatic nitrogens is 2. The summed E-state index contributed by atoms with van der Waals surface area (Å²) >= 11 is 8.16. The van der Waals surface area contributed by atoms with Gasteiger partial charge in [0.1, 0.15) is 29.9 Å². The molecule has 9 rings (SSSR count). The standard InChI is InChI=1S/C33H34ClF3N6OS/c34-22-10-21-28(27(37)25(22)20-6-7-23(36)29-26(20)24(16-2-3-16)30(38)45-29)40-32(41-31(21)42-13-18-4-5-19(14-42)39-18)44-15-33-8-1-9-43(33)12-17(35)11-33/h6-7,10,16-19,39H,1-5,8-9,11-15,38H2/t17-,18?,19?,33+/m1/s1. The van der Waals surface area contributed by atoms with Crippen molar-refractivity contribution in [3.05, 3.63) is 40.4 Å². The molecule has 5 aliphatic rings. The van der Waals surface area contributed by atoms with Crippen LogP contribution in [0.25, 0.3) is 32.1 Å². The van der Waals surface area contributed by atoms with E-state index >= 15 is 8.78 Å². The highest BCUT2D eigenvalue weighted by molar-refractivity contribution is 7.23. The molecule has 45 heavy (non-hydrogen) atoms. The first kappa shape index (κ1) is 28.4. The number of nitrogen functional groups attached to an aromatic ring is 1. The zero-order valence-corrected chi connectivity index (χ0v) is 26.3. The summed E-state index contributed by atoms with van der Waals surface area (Å²) in [4.78, 5) is 13.9. The Morgan fingerprint density at radius 2 is 1.91 bits per heavy atom. The van der Waals surface area contributed by atoms with E-state index in [0.29, 0.717) is 56.9 Å². The largest absolute Gasteiger partial charge is 0.461 e. The van der Waals surface area contributed by atoms with E-state index in [1.54, 1.807) is 12.1 Å². The van der Waals surface area contributed by atoms with Crippen LogP contribution in [0.1, 0.15) is 56.4 Å². The number of ether oxygens (including phenoxy) is 1. The maximum absolute atomic E-state index is 17.1. The molecule has 5 fully saturated rings. The third kappa shape index (κ3) is 4.52. The van der Waals surface area contributed by atoms with E-state index in [4.69, 9.17) is 27.1 Å². The number of piperazine rings is 1. The fraction of sp³-hybridized carbons (Fsp3) is 0.515. The predicted octanol–water partition coefficient (Wildman–Crippen LogP) is 6.80. The molecular weight excluding hydrogens is 621 g/mol. The van der Waals surface area contributed by atoms with Crippen LogP contribution in [-0.2, 0) is 0 Å². The Balaban J connectivity index is 1.20. The van der Waals surface area contributed by atoms with Crippen LogP contribution >= 0.6 is 22.9 Å². The van der Waals surface area contributed by atoms with Gasteiger partial charge in [0.25, 0.3) is 0 Å². The number of rotatable bonds is 6. The Bertz CT molecular complexity index is 1860. The summed E-state index contributed by atoms with van der Waals surface area (Å²) in [5.41, 5.74) is 7.67. The van der Waals surface area contributed by atoms with Gasteiger partial charge >= 0.3 is 6.01 Å². The Morgan fingerprint density at radius 3 is 2.69 bits per heavy atom. The van der Waals surface area contributed by atoms with Gasteiger partial charge in [0.2, 0.25) is 0 Å². The molecule has 0 radical (unpaired) electrons. The highest BCUT2D eigenvalue weighted by atomic mass is 35.5. The highest BCUT2D eigenvalue weighted by Gasteiger charge is 2.49. The third-order valence-corrected chi connectivity index (χ3v) is 12.0. The number of hydrogen-bond donors (Lipinski definition) is 2. The quantitative estimate of drug-likeness (QED) is 0.237. The van der Waals surface area contributed by atoms with Crippen molar-refractivity contribution in [2.24, 2.45) is 0 Å². The summed E-state index contributed by atoms with van der Waals surface area (Å²) in [5.74, 6) is -0.174. The third-order valence-electron chi connectivity index (χ3n) is 10.7. The first-order chi connectivity index (χ1) is 21.8. The Kier molecular flexibility index (Phi) is 6.51. The number of nitrogens with one attached hydrogen (secondary N) is 1. The van der Waals surface area contributed by atoms with Gasteiger partial charge in [-0.3, -0.25) is 4.90 Å². The van der Waals surface area contributed by atoms with Crippen molar-refractivity contribution in [3.63, 3.8) is 0 Å². The molecule has 1 saturated carbocycles. The van der Waals surface area contributed by atoms with E-state index in [-0.39, 0.29) is 40.5 Å². The second-order valence-electron chi connectivity index (χ2n) is 13.6. The van der Waals surface area contributed by atoms with Gasteiger partial charge in [-0.2, -0.15) is 9.97 Å². The Labute approximate surface area is 267 Å². The molecule has 236 valence electrons. The number of nitrogens with two attached hydrogens (primary N) is 1. The predicted molar refractivity (Wildman–Crippen MR) is 172 cm³/mol. The van der Waals surface area contributed by atoms with E-state index in [1.165, 1.54) is 17.4 Å². The van der Waals surface area contributed by atoms with Gasteiger partial charge in [-0.05, 0) is 74.2 Å². The smallest absolute Gasteiger partial charge is 0.319 e. The van der Waals surface area contributed by atoms with Crippen LogP contribution in [-0.4, -0.2) is 71.4 Å². The van der Waals surface area contributed by atoms with Gasteiger partial charge in [-0.25, -0.2) is 13.2 Å². The molecule has 1 aliphatic carbocycles. The number of anilines is 2. The number of halogens is 4. The molecule has 2 aromatic heterocycles. The summed E-state index contributed by atoms with van der Waals surface area (Å²) in [6.07, 6.45) is 5.43. The first-order valence-electron chi connectivity index (χ1n) is 16.0. The monoisotopic (exact) mass is 654 g/mol. The second kappa shape index (κ2) is 10.3. The van der Waals surface area contributed by atoms with Crippen LogP contribution < -0.4 is 20.7 Å². The molecule has 4 aromatic rings. The van der Waals surface area contributed by atoms with Crippen LogP contribution in [0, 0.1) is 11.6 Å². The van der Waals surface area contributed by atoms with E-state index < -0.39 is 17.5 Å². The minimum absolute atomic E-state index is 0.0711. The van der Waals surface area contributed by atoms with Crippen molar-refractivity contribution < 1.29 is 17.9 Å². The van der Waals surface area contributed by atoms with E-state index in [9.17, 15) is 4.39 Å². The molecule has 6 heterocycles. The Hall–Kier alpha value is -2.86. The number of hydrogen-bond acceptors (Lipinski definition) is 8. The van der Waals surface area contributed by atoms with Crippen molar-refractivity contribution in [2.75, 3.05) is 43.4 Å². The second-order valence-corrected chi connectivity index (χ2v) is 15.1. The summed E-state index contributed by atoms with van der Waals surface area (Å²) in [7, 11) is 0. The van der Waals surface area contributed by atoms with Crippen molar-refractivity contribution in [1.29, 1.82) is 0 Å². The summed E-state index contributed by atoms with van der Waals surface area (Å²) < 4.78 is 53.3. The normalized spacial score (nSPS) is 28.1. The molecule has 0 spiro atoms. The average Bonchev–Trinajstić information content (AvgIpc) is 3.39. The van der Waals surface area contributed by atoms with Crippen molar-refractivity contribution in [2.45, 2.75) is 74.7 Å². The SMILES string of the molecule is Nc1sc2c(F)ccc(-c3c(Cl)cc4c(N5CC6CCC(C5)N6)nc(OC[C@@]56CCCN5C[C@H](F)C6)nc4c3F)c2c1C1CC1. The lowest BCUT2D eigenvalue weighted by Gasteiger charge is -2.34. The topological polar surface area (TPSA) is 79.5 Å². The molecule has 12 heteroatoms. The van der Waals surface area contributed by atoms with E-state index in [1.807, 2.05) is 0 Å². The van der Waals surface area contributed by atoms with Crippen molar-refractivity contribution in [3.8, 4) is 17.1 Å². The molecule has 2 bridgehead atoms. The van der Waals surface area contributed by atoms with Crippen molar-refractivity contribution in [1.82, 2.24) is 20.2 Å². The van der Waals surface area contributed by atoms with Gasteiger partial charge in [-0.15, -0.1) is 11.3 Å². The fourth-order valence-corrected chi connectivity index (χ4v) is 9.91. The number of nitrogens with zero attached hydrogens (tertiary/aromatic N) is 4. The molecule has 7 nitrogen and oxygen atoms in total. The molecule has 2 unspecified atom stereocenters. The number of benzene rings is 2. The van der Waals surface area contributed by atoms with Gasteiger partial charge < -0.3 is 20.7 Å². The number of alkyl halides is 1.